The number of hydrogen-bond donors (Lipinski definition) is 1. The van der Waals surface area contributed by atoms with Gasteiger partial charge < -0.3 is 5.73 Å². The van der Waals surface area contributed by atoms with Crippen molar-refractivity contribution in [3.05, 3.63) is 30.3 Å². The lowest BCUT2D eigenvalue weighted by molar-refractivity contribution is -0.122. The van der Waals surface area contributed by atoms with Crippen LogP contribution in [0, 0.1) is 0 Å². The van der Waals surface area contributed by atoms with Crippen LogP contribution in [0.2, 0.25) is 0 Å². The number of anilines is 1. The number of hydrazone groups is 1. The predicted octanol–water partition coefficient (Wildman–Crippen LogP) is 1.13. The standard InChI is InChI=1S/C11H13N3O/c1-11(10(12)15)7-8-13-14(11)9-5-3-2-4-6-9/h2-6,8H,7H2,1H3,(H2,12,15). The Labute approximate surface area is 88.4 Å². The van der Waals surface area contributed by atoms with E-state index in [1.165, 1.54) is 0 Å². The molecule has 2 N–H and O–H groups in total. The van der Waals surface area contributed by atoms with Gasteiger partial charge in [-0.25, -0.2) is 0 Å². The second kappa shape index (κ2) is 3.38. The molecule has 0 aliphatic carbocycles. The van der Waals surface area contributed by atoms with Gasteiger partial charge in [0.1, 0.15) is 5.54 Å². The first kappa shape index (κ1) is 9.71. The fourth-order valence-corrected chi connectivity index (χ4v) is 1.64. The highest BCUT2D eigenvalue weighted by Crippen LogP contribution is 2.30. The number of amides is 1. The molecule has 0 aromatic heterocycles. The van der Waals surface area contributed by atoms with Crippen molar-refractivity contribution >= 4 is 17.8 Å². The van der Waals surface area contributed by atoms with Crippen LogP contribution < -0.4 is 10.7 Å². The molecular weight excluding hydrogens is 190 g/mol. The molecule has 1 aliphatic rings. The molecule has 78 valence electrons. The highest BCUT2D eigenvalue weighted by Gasteiger charge is 2.40. The van der Waals surface area contributed by atoms with Gasteiger partial charge >= 0.3 is 0 Å². The molecule has 1 aliphatic heterocycles. The number of carbonyl (C=O) groups is 1. The third kappa shape index (κ3) is 1.48. The van der Waals surface area contributed by atoms with E-state index >= 15 is 0 Å². The number of rotatable bonds is 2. The minimum Gasteiger partial charge on any atom is -0.368 e. The van der Waals surface area contributed by atoms with Crippen LogP contribution in [0.1, 0.15) is 13.3 Å². The Hall–Kier alpha value is -1.84. The first-order valence-electron chi connectivity index (χ1n) is 4.82. The maximum Gasteiger partial charge on any atom is 0.245 e. The SMILES string of the molecule is CC1(C(N)=O)CC=NN1c1ccccc1. The number of primary amides is 1. The summed E-state index contributed by atoms with van der Waals surface area (Å²) in [7, 11) is 0. The molecule has 1 amide bonds. The van der Waals surface area contributed by atoms with Gasteiger partial charge in [0.25, 0.3) is 0 Å². The zero-order chi connectivity index (χ0) is 10.9. The topological polar surface area (TPSA) is 58.7 Å². The maximum absolute atomic E-state index is 11.4. The number of benzene rings is 1. The van der Waals surface area contributed by atoms with Crippen molar-refractivity contribution in [2.24, 2.45) is 10.8 Å². The minimum absolute atomic E-state index is 0.358. The second-order valence-electron chi connectivity index (χ2n) is 3.79. The van der Waals surface area contributed by atoms with Crippen LogP contribution in [0.4, 0.5) is 5.69 Å². The molecular formula is C11H13N3O. The van der Waals surface area contributed by atoms with Gasteiger partial charge in [-0.05, 0) is 19.1 Å². The van der Waals surface area contributed by atoms with Gasteiger partial charge in [-0.3, -0.25) is 9.80 Å². The van der Waals surface area contributed by atoms with Gasteiger partial charge in [-0.1, -0.05) is 18.2 Å². The van der Waals surface area contributed by atoms with Crippen molar-refractivity contribution in [2.75, 3.05) is 5.01 Å². The van der Waals surface area contributed by atoms with E-state index in [9.17, 15) is 4.79 Å². The molecule has 1 aromatic rings. The van der Waals surface area contributed by atoms with Crippen molar-refractivity contribution < 1.29 is 4.79 Å². The largest absolute Gasteiger partial charge is 0.368 e. The van der Waals surface area contributed by atoms with Crippen molar-refractivity contribution in [1.82, 2.24) is 0 Å². The number of nitrogens with two attached hydrogens (primary N) is 1. The van der Waals surface area contributed by atoms with E-state index in [-0.39, 0.29) is 5.91 Å². The van der Waals surface area contributed by atoms with Crippen LogP contribution in [0.15, 0.2) is 35.4 Å². The summed E-state index contributed by atoms with van der Waals surface area (Å²) in [5, 5.41) is 5.86. The second-order valence-corrected chi connectivity index (χ2v) is 3.79. The summed E-state index contributed by atoms with van der Waals surface area (Å²) in [4.78, 5) is 11.4. The maximum atomic E-state index is 11.4. The van der Waals surface area contributed by atoms with Crippen LogP contribution in [-0.2, 0) is 4.79 Å². The van der Waals surface area contributed by atoms with Crippen LogP contribution in [0.25, 0.3) is 0 Å². The van der Waals surface area contributed by atoms with Crippen LogP contribution in [0.5, 0.6) is 0 Å². The van der Waals surface area contributed by atoms with Crippen LogP contribution >= 0.6 is 0 Å². The fourth-order valence-electron chi connectivity index (χ4n) is 1.64. The van der Waals surface area contributed by atoms with E-state index in [0.29, 0.717) is 6.42 Å². The molecule has 0 saturated heterocycles. The summed E-state index contributed by atoms with van der Waals surface area (Å²) < 4.78 is 0. The van der Waals surface area contributed by atoms with Gasteiger partial charge in [0.15, 0.2) is 0 Å². The summed E-state index contributed by atoms with van der Waals surface area (Å²) >= 11 is 0. The predicted molar refractivity (Wildman–Crippen MR) is 59.6 cm³/mol. The quantitative estimate of drug-likeness (QED) is 0.783. The molecule has 1 aromatic carbocycles. The molecule has 1 atom stereocenters. The van der Waals surface area contributed by atoms with E-state index in [1.54, 1.807) is 18.1 Å². The molecule has 2 rings (SSSR count). The van der Waals surface area contributed by atoms with Gasteiger partial charge in [0, 0.05) is 12.6 Å². The number of nitrogens with zero attached hydrogens (tertiary/aromatic N) is 2. The molecule has 0 spiro atoms. The van der Waals surface area contributed by atoms with E-state index in [1.807, 2.05) is 30.3 Å². The van der Waals surface area contributed by atoms with E-state index in [2.05, 4.69) is 5.10 Å². The van der Waals surface area contributed by atoms with Gasteiger partial charge in [-0.15, -0.1) is 0 Å². The lowest BCUT2D eigenvalue weighted by atomic mass is 9.97. The Bertz CT molecular complexity index is 402. The normalized spacial score (nSPS) is 24.5. The third-order valence-electron chi connectivity index (χ3n) is 2.68. The first-order chi connectivity index (χ1) is 7.14. The van der Waals surface area contributed by atoms with Gasteiger partial charge in [0.05, 0.1) is 5.69 Å². The highest BCUT2D eigenvalue weighted by atomic mass is 16.2. The summed E-state index contributed by atoms with van der Waals surface area (Å²) in [6, 6.07) is 9.55. The Morgan fingerprint density at radius 2 is 2.13 bits per heavy atom. The minimum atomic E-state index is -0.735. The smallest absolute Gasteiger partial charge is 0.245 e. The Kier molecular flexibility index (Phi) is 2.19. The Morgan fingerprint density at radius 3 is 2.73 bits per heavy atom. The summed E-state index contributed by atoms with van der Waals surface area (Å²) in [6.45, 7) is 1.80. The van der Waals surface area contributed by atoms with E-state index in [0.717, 1.165) is 5.69 Å². The summed E-state index contributed by atoms with van der Waals surface area (Å²) in [6.07, 6.45) is 2.27. The van der Waals surface area contributed by atoms with Gasteiger partial charge in [-0.2, -0.15) is 5.10 Å². The Balaban J connectivity index is 2.37. The van der Waals surface area contributed by atoms with Crippen molar-refractivity contribution in [3.63, 3.8) is 0 Å². The molecule has 15 heavy (non-hydrogen) atoms. The Morgan fingerprint density at radius 1 is 1.47 bits per heavy atom. The number of hydrogen-bond acceptors (Lipinski definition) is 3. The molecule has 0 bridgehead atoms. The van der Waals surface area contributed by atoms with E-state index < -0.39 is 5.54 Å². The average Bonchev–Trinajstić information content (AvgIpc) is 2.63. The molecule has 4 nitrogen and oxygen atoms in total. The van der Waals surface area contributed by atoms with Crippen LogP contribution in [0.3, 0.4) is 0 Å². The van der Waals surface area contributed by atoms with Crippen molar-refractivity contribution in [1.29, 1.82) is 0 Å². The molecule has 0 radical (unpaired) electrons. The summed E-state index contributed by atoms with van der Waals surface area (Å²) in [5.74, 6) is -0.358. The highest BCUT2D eigenvalue weighted by molar-refractivity contribution is 5.93. The number of para-hydroxylation sites is 1. The zero-order valence-electron chi connectivity index (χ0n) is 8.55. The zero-order valence-corrected chi connectivity index (χ0v) is 8.55. The monoisotopic (exact) mass is 203 g/mol. The summed E-state index contributed by atoms with van der Waals surface area (Å²) in [5.41, 5.74) is 5.55. The average molecular weight is 203 g/mol. The first-order valence-corrected chi connectivity index (χ1v) is 4.82. The molecule has 1 heterocycles. The van der Waals surface area contributed by atoms with Gasteiger partial charge in [0.2, 0.25) is 5.91 Å². The molecule has 1 unspecified atom stereocenters. The van der Waals surface area contributed by atoms with E-state index in [4.69, 9.17) is 5.73 Å². The number of carbonyl (C=O) groups excluding carboxylic acids is 1. The van der Waals surface area contributed by atoms with Crippen molar-refractivity contribution in [2.45, 2.75) is 18.9 Å². The lowest BCUT2D eigenvalue weighted by Gasteiger charge is -2.31. The molecule has 0 saturated carbocycles. The van der Waals surface area contributed by atoms with Crippen molar-refractivity contribution in [3.8, 4) is 0 Å². The van der Waals surface area contributed by atoms with Crippen LogP contribution in [-0.4, -0.2) is 17.7 Å². The lowest BCUT2D eigenvalue weighted by Crippen LogP contribution is -2.51. The fraction of sp³-hybridized carbons (Fsp3) is 0.273. The molecule has 0 fully saturated rings. The molecule has 4 heteroatoms. The third-order valence-corrected chi connectivity index (χ3v) is 2.68.